The van der Waals surface area contributed by atoms with Gasteiger partial charge in [0.25, 0.3) is 11.8 Å². The van der Waals surface area contributed by atoms with E-state index in [9.17, 15) is 14.4 Å². The number of hydrogen-bond donors (Lipinski definition) is 3. The highest BCUT2D eigenvalue weighted by atomic mass is 32.1. The van der Waals surface area contributed by atoms with Crippen molar-refractivity contribution in [2.45, 2.75) is 6.42 Å². The van der Waals surface area contributed by atoms with Crippen molar-refractivity contribution in [3.05, 3.63) is 21.9 Å². The first-order chi connectivity index (χ1) is 7.50. The van der Waals surface area contributed by atoms with E-state index in [2.05, 4.69) is 5.32 Å². The highest BCUT2D eigenvalue weighted by molar-refractivity contribution is 7.15. The highest BCUT2D eigenvalue weighted by Crippen LogP contribution is 2.15. The third kappa shape index (κ3) is 3.35. The van der Waals surface area contributed by atoms with Crippen molar-refractivity contribution in [3.63, 3.8) is 0 Å². The average molecular weight is 242 g/mol. The Balaban J connectivity index is 2.53. The van der Waals surface area contributed by atoms with Gasteiger partial charge in [-0.25, -0.2) is 0 Å². The van der Waals surface area contributed by atoms with Gasteiger partial charge in [-0.15, -0.1) is 11.3 Å². The Hall–Kier alpha value is -1.89. The molecule has 1 aromatic rings. The molecule has 0 aliphatic rings. The number of carbonyl (C=O) groups excluding carboxylic acids is 2. The Kier molecular flexibility index (Phi) is 4.01. The summed E-state index contributed by atoms with van der Waals surface area (Å²) in [5.74, 6) is -1.97. The Bertz CT molecular complexity index is 427. The zero-order valence-electron chi connectivity index (χ0n) is 8.23. The van der Waals surface area contributed by atoms with Gasteiger partial charge in [-0.1, -0.05) is 0 Å². The minimum absolute atomic E-state index is 0.0535. The highest BCUT2D eigenvalue weighted by Gasteiger charge is 2.11. The molecule has 0 unspecified atom stereocenters. The molecule has 0 saturated carbocycles. The number of thiophene rings is 1. The predicted octanol–water partition coefficient (Wildman–Crippen LogP) is 0.0515. The van der Waals surface area contributed by atoms with Crippen molar-refractivity contribution < 1.29 is 19.5 Å². The van der Waals surface area contributed by atoms with Gasteiger partial charge < -0.3 is 16.2 Å². The first-order valence-electron chi connectivity index (χ1n) is 4.40. The average Bonchev–Trinajstić information content (AvgIpc) is 2.65. The first kappa shape index (κ1) is 12.2. The lowest BCUT2D eigenvalue weighted by Crippen LogP contribution is -2.25. The lowest BCUT2D eigenvalue weighted by atomic mass is 10.4. The summed E-state index contributed by atoms with van der Waals surface area (Å²) in [7, 11) is 0. The zero-order chi connectivity index (χ0) is 12.1. The molecule has 2 amide bonds. The maximum atomic E-state index is 11.4. The molecule has 1 heterocycles. The molecule has 86 valence electrons. The molecular weight excluding hydrogens is 232 g/mol. The quantitative estimate of drug-likeness (QED) is 0.677. The Morgan fingerprint density at radius 1 is 1.31 bits per heavy atom. The molecule has 7 heteroatoms. The van der Waals surface area contributed by atoms with Gasteiger partial charge in [0.1, 0.15) is 0 Å². The van der Waals surface area contributed by atoms with E-state index in [1.807, 2.05) is 0 Å². The van der Waals surface area contributed by atoms with E-state index < -0.39 is 17.8 Å². The molecule has 0 fully saturated rings. The largest absolute Gasteiger partial charge is 0.481 e. The molecule has 1 aromatic heterocycles. The van der Waals surface area contributed by atoms with Crippen molar-refractivity contribution in [3.8, 4) is 0 Å². The number of aliphatic carboxylic acids is 1. The fourth-order valence-corrected chi connectivity index (χ4v) is 1.74. The molecule has 1 rings (SSSR count). The lowest BCUT2D eigenvalue weighted by molar-refractivity contribution is -0.136. The summed E-state index contributed by atoms with van der Waals surface area (Å²) in [6.45, 7) is 0.0535. The van der Waals surface area contributed by atoms with Gasteiger partial charge in [-0.05, 0) is 12.1 Å². The summed E-state index contributed by atoms with van der Waals surface area (Å²) in [4.78, 5) is 33.0. The minimum Gasteiger partial charge on any atom is -0.481 e. The van der Waals surface area contributed by atoms with Crippen molar-refractivity contribution in [1.82, 2.24) is 5.32 Å². The van der Waals surface area contributed by atoms with E-state index in [1.165, 1.54) is 12.1 Å². The van der Waals surface area contributed by atoms with Crippen molar-refractivity contribution in [2.75, 3.05) is 6.54 Å². The number of nitrogens with one attached hydrogen (secondary N) is 1. The molecule has 6 nitrogen and oxygen atoms in total. The molecule has 0 bridgehead atoms. The molecule has 0 saturated heterocycles. The van der Waals surface area contributed by atoms with E-state index in [-0.39, 0.29) is 13.0 Å². The number of carboxylic acids is 1. The van der Waals surface area contributed by atoms with Gasteiger partial charge in [0.2, 0.25) is 0 Å². The van der Waals surface area contributed by atoms with Crippen LogP contribution in [-0.2, 0) is 4.79 Å². The van der Waals surface area contributed by atoms with E-state index in [0.29, 0.717) is 9.75 Å². The normalized spacial score (nSPS) is 9.75. The van der Waals surface area contributed by atoms with Crippen LogP contribution >= 0.6 is 11.3 Å². The van der Waals surface area contributed by atoms with Crippen LogP contribution in [-0.4, -0.2) is 29.4 Å². The monoisotopic (exact) mass is 242 g/mol. The van der Waals surface area contributed by atoms with Gasteiger partial charge in [-0.3, -0.25) is 14.4 Å². The van der Waals surface area contributed by atoms with E-state index in [0.717, 1.165) is 11.3 Å². The summed E-state index contributed by atoms with van der Waals surface area (Å²) in [5.41, 5.74) is 5.03. The molecule has 0 aliphatic carbocycles. The maximum Gasteiger partial charge on any atom is 0.305 e. The lowest BCUT2D eigenvalue weighted by Gasteiger charge is -1.99. The number of hydrogen-bond acceptors (Lipinski definition) is 4. The molecule has 4 N–H and O–H groups in total. The second-order valence-electron chi connectivity index (χ2n) is 2.93. The fourth-order valence-electron chi connectivity index (χ4n) is 0.962. The number of primary amides is 1. The van der Waals surface area contributed by atoms with Crippen LogP contribution in [0.4, 0.5) is 0 Å². The predicted molar refractivity (Wildman–Crippen MR) is 57.4 cm³/mol. The van der Waals surface area contributed by atoms with E-state index >= 15 is 0 Å². The topological polar surface area (TPSA) is 109 Å². The van der Waals surface area contributed by atoms with Crippen LogP contribution in [0.15, 0.2) is 12.1 Å². The molecule has 0 radical (unpaired) electrons. The van der Waals surface area contributed by atoms with E-state index in [4.69, 9.17) is 10.8 Å². The number of carbonyl (C=O) groups is 3. The van der Waals surface area contributed by atoms with Gasteiger partial charge in [0.05, 0.1) is 16.2 Å². The maximum absolute atomic E-state index is 11.4. The Morgan fingerprint density at radius 2 is 1.94 bits per heavy atom. The molecule has 0 atom stereocenters. The van der Waals surface area contributed by atoms with Crippen molar-refractivity contribution >= 4 is 29.1 Å². The van der Waals surface area contributed by atoms with Crippen LogP contribution in [0.2, 0.25) is 0 Å². The summed E-state index contributed by atoms with van der Waals surface area (Å²) in [5, 5.41) is 10.8. The molecule has 0 aliphatic heterocycles. The summed E-state index contributed by atoms with van der Waals surface area (Å²) >= 11 is 0.974. The van der Waals surface area contributed by atoms with Gasteiger partial charge in [0, 0.05) is 6.54 Å². The molecule has 0 spiro atoms. The third-order valence-corrected chi connectivity index (χ3v) is 2.80. The zero-order valence-corrected chi connectivity index (χ0v) is 9.04. The van der Waals surface area contributed by atoms with Crippen LogP contribution in [0.5, 0.6) is 0 Å². The molecule has 16 heavy (non-hydrogen) atoms. The fraction of sp³-hybridized carbons (Fsp3) is 0.222. The summed E-state index contributed by atoms with van der Waals surface area (Å²) in [6, 6.07) is 2.93. The van der Waals surface area contributed by atoms with Crippen molar-refractivity contribution in [1.29, 1.82) is 0 Å². The molecular formula is C9H10N2O4S. The van der Waals surface area contributed by atoms with Crippen LogP contribution in [0.25, 0.3) is 0 Å². The van der Waals surface area contributed by atoms with Gasteiger partial charge in [0.15, 0.2) is 0 Å². The smallest absolute Gasteiger partial charge is 0.305 e. The number of carboxylic acid groups (broad SMARTS) is 1. The second kappa shape index (κ2) is 5.26. The van der Waals surface area contributed by atoms with Crippen molar-refractivity contribution in [2.24, 2.45) is 5.73 Å². The minimum atomic E-state index is -0.982. The van der Waals surface area contributed by atoms with Crippen LogP contribution in [0.3, 0.4) is 0 Å². The third-order valence-electron chi connectivity index (χ3n) is 1.70. The number of amides is 2. The van der Waals surface area contributed by atoms with Crippen LogP contribution in [0.1, 0.15) is 25.8 Å². The van der Waals surface area contributed by atoms with Crippen LogP contribution < -0.4 is 11.1 Å². The summed E-state index contributed by atoms with van der Waals surface area (Å²) in [6.07, 6.45) is -0.139. The second-order valence-corrected chi connectivity index (χ2v) is 4.01. The number of rotatable bonds is 5. The van der Waals surface area contributed by atoms with E-state index in [1.54, 1.807) is 0 Å². The molecule has 0 aromatic carbocycles. The van der Waals surface area contributed by atoms with Gasteiger partial charge >= 0.3 is 5.97 Å². The van der Waals surface area contributed by atoms with Gasteiger partial charge in [-0.2, -0.15) is 0 Å². The number of nitrogens with two attached hydrogens (primary N) is 1. The Labute approximate surface area is 95.1 Å². The Morgan fingerprint density at radius 3 is 2.44 bits per heavy atom. The first-order valence-corrected chi connectivity index (χ1v) is 5.22. The summed E-state index contributed by atoms with van der Waals surface area (Å²) < 4.78 is 0. The van der Waals surface area contributed by atoms with Crippen LogP contribution in [0, 0.1) is 0 Å². The SMILES string of the molecule is NC(=O)c1ccc(C(=O)NCCC(=O)O)s1. The standard InChI is InChI=1S/C9H10N2O4S/c10-8(14)5-1-2-6(16-5)9(15)11-4-3-7(12)13/h1-2H,3-4H2,(H2,10,14)(H,11,15)(H,12,13).